The highest BCUT2D eigenvalue weighted by molar-refractivity contribution is 7.89. The zero-order valence-electron chi connectivity index (χ0n) is 11.4. The van der Waals surface area contributed by atoms with Gasteiger partial charge in [-0.05, 0) is 30.3 Å². The molecule has 2 aromatic carbocycles. The summed E-state index contributed by atoms with van der Waals surface area (Å²) in [5, 5.41) is 2.67. The number of nitrogens with two attached hydrogens (primary N) is 1. The van der Waals surface area contributed by atoms with Crippen LogP contribution in [0.5, 0.6) is 0 Å². The fourth-order valence-corrected chi connectivity index (χ4v) is 3.04. The van der Waals surface area contributed by atoms with E-state index in [-0.39, 0.29) is 16.4 Å². The Labute approximate surface area is 127 Å². The summed E-state index contributed by atoms with van der Waals surface area (Å²) in [6, 6.07) is 12.9. The van der Waals surface area contributed by atoms with Gasteiger partial charge in [-0.2, -0.15) is 0 Å². The molecule has 0 bridgehead atoms. The second-order valence-corrected chi connectivity index (χ2v) is 6.46. The van der Waals surface area contributed by atoms with Crippen molar-refractivity contribution in [1.29, 1.82) is 0 Å². The molecular formula is C15H13N3O3S. The minimum Gasteiger partial charge on any atom is -0.399 e. The molecule has 0 unspecified atom stereocenters. The number of fused-ring (bicyclic) bond motifs is 1. The molecule has 1 heterocycles. The molecule has 112 valence electrons. The van der Waals surface area contributed by atoms with Gasteiger partial charge in [-0.25, -0.2) is 8.42 Å². The molecule has 1 aliphatic heterocycles. The number of nitrogens with one attached hydrogen (secondary N) is 2. The predicted octanol–water partition coefficient (Wildman–Crippen LogP) is 1.54. The lowest BCUT2D eigenvalue weighted by atomic mass is 10.1. The first kappa shape index (κ1) is 14.2. The third-order valence-electron chi connectivity index (χ3n) is 3.26. The van der Waals surface area contributed by atoms with Gasteiger partial charge in [0.2, 0.25) is 0 Å². The Morgan fingerprint density at radius 1 is 1.05 bits per heavy atom. The minimum atomic E-state index is -3.75. The van der Waals surface area contributed by atoms with Gasteiger partial charge in [0.1, 0.15) is 0 Å². The second-order valence-electron chi connectivity index (χ2n) is 4.75. The summed E-state index contributed by atoms with van der Waals surface area (Å²) in [6.07, 6.45) is 1.20. The smallest absolute Gasteiger partial charge is 0.261 e. The van der Waals surface area contributed by atoms with Gasteiger partial charge in [0.15, 0.2) is 0 Å². The van der Waals surface area contributed by atoms with Crippen LogP contribution < -0.4 is 15.8 Å². The molecule has 0 fully saturated rings. The molecule has 1 amide bonds. The fourth-order valence-electron chi connectivity index (χ4n) is 2.13. The highest BCUT2D eigenvalue weighted by Gasteiger charge is 2.24. The third-order valence-corrected chi connectivity index (χ3v) is 4.58. The second kappa shape index (κ2) is 5.19. The Hall–Kier alpha value is -2.80. The van der Waals surface area contributed by atoms with E-state index in [0.717, 1.165) is 0 Å². The van der Waals surface area contributed by atoms with E-state index in [9.17, 15) is 13.2 Å². The van der Waals surface area contributed by atoms with Gasteiger partial charge in [0, 0.05) is 23.1 Å². The van der Waals surface area contributed by atoms with Gasteiger partial charge < -0.3 is 11.1 Å². The lowest BCUT2D eigenvalue weighted by Crippen LogP contribution is -2.19. The summed E-state index contributed by atoms with van der Waals surface area (Å²) in [5.74, 6) is -0.346. The largest absolute Gasteiger partial charge is 0.399 e. The number of carbonyl (C=O) groups excluding carboxylic acids is 1. The minimum absolute atomic E-state index is 0.0743. The van der Waals surface area contributed by atoms with Gasteiger partial charge in [0.25, 0.3) is 15.9 Å². The number of rotatable bonds is 3. The maximum absolute atomic E-state index is 12.2. The number of carbonyl (C=O) groups is 1. The van der Waals surface area contributed by atoms with E-state index < -0.39 is 10.0 Å². The molecule has 22 heavy (non-hydrogen) atoms. The normalized spacial score (nSPS) is 15.5. The molecule has 0 spiro atoms. The van der Waals surface area contributed by atoms with Crippen molar-refractivity contribution in [2.24, 2.45) is 0 Å². The van der Waals surface area contributed by atoms with Gasteiger partial charge in [-0.3, -0.25) is 9.52 Å². The number of para-hydroxylation sites is 1. The van der Waals surface area contributed by atoms with Crippen LogP contribution in [0, 0.1) is 0 Å². The summed E-state index contributed by atoms with van der Waals surface area (Å²) in [4.78, 5) is 12.0. The number of sulfonamides is 1. The Balaban J connectivity index is 1.91. The van der Waals surface area contributed by atoms with Gasteiger partial charge >= 0.3 is 0 Å². The summed E-state index contributed by atoms with van der Waals surface area (Å²) in [7, 11) is -3.75. The van der Waals surface area contributed by atoms with E-state index in [1.807, 2.05) is 0 Å². The molecule has 2 aromatic rings. The quantitative estimate of drug-likeness (QED) is 0.590. The van der Waals surface area contributed by atoms with Crippen molar-refractivity contribution in [1.82, 2.24) is 4.72 Å². The zero-order valence-corrected chi connectivity index (χ0v) is 12.2. The topological polar surface area (TPSA) is 101 Å². The number of hydrogen-bond acceptors (Lipinski definition) is 4. The van der Waals surface area contributed by atoms with Gasteiger partial charge in [-0.1, -0.05) is 18.2 Å². The van der Waals surface area contributed by atoms with Crippen LogP contribution >= 0.6 is 0 Å². The Kier molecular flexibility index (Phi) is 3.34. The summed E-state index contributed by atoms with van der Waals surface area (Å²) in [5.41, 5.74) is 7.60. The number of anilines is 2. The monoisotopic (exact) mass is 315 g/mol. The van der Waals surface area contributed by atoms with Crippen molar-refractivity contribution in [2.75, 3.05) is 11.1 Å². The van der Waals surface area contributed by atoms with Crippen LogP contribution in [0.1, 0.15) is 5.56 Å². The van der Waals surface area contributed by atoms with Crippen LogP contribution in [0.2, 0.25) is 0 Å². The molecule has 0 saturated carbocycles. The van der Waals surface area contributed by atoms with Crippen molar-refractivity contribution in [3.05, 3.63) is 60.3 Å². The Bertz CT molecular complexity index is 871. The van der Waals surface area contributed by atoms with Crippen LogP contribution in [0.25, 0.3) is 5.57 Å². The van der Waals surface area contributed by atoms with Crippen LogP contribution in [-0.2, 0) is 14.8 Å². The highest BCUT2D eigenvalue weighted by atomic mass is 32.2. The van der Waals surface area contributed by atoms with E-state index >= 15 is 0 Å². The van der Waals surface area contributed by atoms with E-state index in [1.54, 1.807) is 24.3 Å². The van der Waals surface area contributed by atoms with Crippen LogP contribution in [-0.4, -0.2) is 14.3 Å². The first-order valence-corrected chi connectivity index (χ1v) is 7.94. The van der Waals surface area contributed by atoms with Gasteiger partial charge in [0.05, 0.1) is 10.5 Å². The van der Waals surface area contributed by atoms with E-state index in [2.05, 4.69) is 10.0 Å². The van der Waals surface area contributed by atoms with Crippen molar-refractivity contribution in [3.63, 3.8) is 0 Å². The van der Waals surface area contributed by atoms with Crippen molar-refractivity contribution in [2.45, 2.75) is 4.90 Å². The predicted molar refractivity (Wildman–Crippen MR) is 84.2 cm³/mol. The highest BCUT2D eigenvalue weighted by Crippen LogP contribution is 2.30. The van der Waals surface area contributed by atoms with E-state index in [4.69, 9.17) is 5.73 Å². The maximum Gasteiger partial charge on any atom is 0.261 e. The lowest BCUT2D eigenvalue weighted by Gasteiger charge is -2.05. The van der Waals surface area contributed by atoms with E-state index in [1.165, 1.54) is 30.5 Å². The first-order valence-electron chi connectivity index (χ1n) is 6.46. The zero-order chi connectivity index (χ0) is 15.7. The van der Waals surface area contributed by atoms with Crippen LogP contribution in [0.3, 0.4) is 0 Å². The summed E-state index contributed by atoms with van der Waals surface area (Å²) < 4.78 is 26.7. The van der Waals surface area contributed by atoms with Gasteiger partial charge in [-0.15, -0.1) is 0 Å². The molecule has 0 aliphatic carbocycles. The number of hydrogen-bond donors (Lipinski definition) is 3. The fraction of sp³-hybridized carbons (Fsp3) is 0. The molecule has 1 aliphatic rings. The van der Waals surface area contributed by atoms with Crippen LogP contribution in [0.15, 0.2) is 59.6 Å². The molecule has 0 radical (unpaired) electrons. The molecule has 6 nitrogen and oxygen atoms in total. The molecule has 3 rings (SSSR count). The molecule has 0 atom stereocenters. The SMILES string of the molecule is Nc1ccc(S(=O)(=O)NC=C2C(=O)Nc3ccccc32)cc1. The molecule has 7 heteroatoms. The standard InChI is InChI=1S/C15H13N3O3S/c16-10-5-7-11(8-6-10)22(20,21)17-9-13-12-3-1-2-4-14(12)18-15(13)19/h1-9,17H,16H2,(H,18,19). The third kappa shape index (κ3) is 2.53. The van der Waals surface area contributed by atoms with Crippen molar-refractivity contribution >= 4 is 32.9 Å². The number of amides is 1. The Morgan fingerprint density at radius 3 is 2.45 bits per heavy atom. The first-order chi connectivity index (χ1) is 10.5. The van der Waals surface area contributed by atoms with Crippen molar-refractivity contribution < 1.29 is 13.2 Å². The Morgan fingerprint density at radius 2 is 1.73 bits per heavy atom. The maximum atomic E-state index is 12.2. The molecule has 0 saturated heterocycles. The number of nitrogen functional groups attached to an aromatic ring is 1. The molecule has 4 N–H and O–H groups in total. The average Bonchev–Trinajstić information content (AvgIpc) is 2.81. The molecule has 0 aromatic heterocycles. The van der Waals surface area contributed by atoms with Crippen molar-refractivity contribution in [3.8, 4) is 0 Å². The summed E-state index contributed by atoms with van der Waals surface area (Å²) >= 11 is 0. The molecular weight excluding hydrogens is 302 g/mol. The van der Waals surface area contributed by atoms with E-state index in [0.29, 0.717) is 16.9 Å². The lowest BCUT2D eigenvalue weighted by molar-refractivity contribution is -0.110. The van der Waals surface area contributed by atoms with Crippen LogP contribution in [0.4, 0.5) is 11.4 Å². The summed E-state index contributed by atoms with van der Waals surface area (Å²) in [6.45, 7) is 0. The average molecular weight is 315 g/mol. The number of benzene rings is 2.